The van der Waals surface area contributed by atoms with E-state index in [1.807, 2.05) is 32.0 Å². The molecule has 0 spiro atoms. The van der Waals surface area contributed by atoms with Crippen LogP contribution in [0.25, 0.3) is 0 Å². The molecular weight excluding hydrogens is 282 g/mol. The van der Waals surface area contributed by atoms with Gasteiger partial charge in [0, 0.05) is 19.6 Å². The van der Waals surface area contributed by atoms with E-state index in [9.17, 15) is 5.11 Å². The smallest absolute Gasteiger partial charge is 0.161 e. The fourth-order valence-corrected chi connectivity index (χ4v) is 2.57. The third-order valence-corrected chi connectivity index (χ3v) is 3.77. The summed E-state index contributed by atoms with van der Waals surface area (Å²) in [6, 6.07) is 5.68. The molecule has 1 atom stereocenters. The summed E-state index contributed by atoms with van der Waals surface area (Å²) < 4.78 is 16.5. The maximum atomic E-state index is 10.4. The molecule has 0 saturated carbocycles. The summed E-state index contributed by atoms with van der Waals surface area (Å²) in [5, 5.41) is 10.4. The summed E-state index contributed by atoms with van der Waals surface area (Å²) >= 11 is 0. The average molecular weight is 309 g/mol. The Morgan fingerprint density at radius 2 is 1.82 bits per heavy atom. The lowest BCUT2D eigenvalue weighted by molar-refractivity contribution is 0.0300. The summed E-state index contributed by atoms with van der Waals surface area (Å²) in [5.74, 6) is 1.43. The van der Waals surface area contributed by atoms with Crippen molar-refractivity contribution in [2.24, 2.45) is 0 Å². The Labute approximate surface area is 132 Å². The van der Waals surface area contributed by atoms with Crippen LogP contribution in [0.4, 0.5) is 0 Å². The van der Waals surface area contributed by atoms with Crippen molar-refractivity contribution < 1.29 is 19.3 Å². The molecule has 22 heavy (non-hydrogen) atoms. The largest absolute Gasteiger partial charge is 0.490 e. The maximum absolute atomic E-state index is 10.4. The van der Waals surface area contributed by atoms with Gasteiger partial charge in [0.15, 0.2) is 11.5 Å². The van der Waals surface area contributed by atoms with Crippen molar-refractivity contribution in [3.63, 3.8) is 0 Å². The van der Waals surface area contributed by atoms with Crippen LogP contribution in [0.3, 0.4) is 0 Å². The second-order valence-corrected chi connectivity index (χ2v) is 5.33. The molecule has 1 fully saturated rings. The molecule has 1 N–H and O–H groups in total. The Bertz CT molecular complexity index is 446. The first kappa shape index (κ1) is 17.1. The number of morpholine rings is 1. The summed E-state index contributed by atoms with van der Waals surface area (Å²) in [4.78, 5) is 2.32. The molecular formula is C17H27NO4. The highest BCUT2D eigenvalue weighted by Gasteiger charge is 2.15. The van der Waals surface area contributed by atoms with Gasteiger partial charge in [0.05, 0.1) is 32.5 Å². The minimum absolute atomic E-state index is 0.488. The molecule has 0 bridgehead atoms. The molecule has 0 aromatic heterocycles. The van der Waals surface area contributed by atoms with Gasteiger partial charge in [0.25, 0.3) is 0 Å². The van der Waals surface area contributed by atoms with Gasteiger partial charge in [-0.05, 0) is 38.0 Å². The van der Waals surface area contributed by atoms with E-state index in [4.69, 9.17) is 14.2 Å². The van der Waals surface area contributed by atoms with Crippen molar-refractivity contribution in [1.82, 2.24) is 4.90 Å². The van der Waals surface area contributed by atoms with Crippen LogP contribution in [0, 0.1) is 0 Å². The van der Waals surface area contributed by atoms with Crippen LogP contribution in [0.15, 0.2) is 18.2 Å². The van der Waals surface area contributed by atoms with E-state index in [0.29, 0.717) is 25.4 Å². The predicted octanol–water partition coefficient (Wildman–Crippen LogP) is 2.24. The van der Waals surface area contributed by atoms with Crippen molar-refractivity contribution in [1.29, 1.82) is 0 Å². The van der Waals surface area contributed by atoms with Crippen LogP contribution >= 0.6 is 0 Å². The van der Waals surface area contributed by atoms with E-state index in [-0.39, 0.29) is 0 Å². The number of ether oxygens (including phenoxy) is 3. The highest BCUT2D eigenvalue weighted by Crippen LogP contribution is 2.31. The van der Waals surface area contributed by atoms with Crippen molar-refractivity contribution >= 4 is 0 Å². The molecule has 1 saturated heterocycles. The number of aliphatic hydroxyl groups excluding tert-OH is 1. The highest BCUT2D eigenvalue weighted by molar-refractivity contribution is 5.43. The van der Waals surface area contributed by atoms with Crippen LogP contribution < -0.4 is 9.47 Å². The zero-order valence-electron chi connectivity index (χ0n) is 13.6. The van der Waals surface area contributed by atoms with E-state index in [2.05, 4.69) is 4.90 Å². The molecule has 0 radical (unpaired) electrons. The minimum atomic E-state index is -0.488. The summed E-state index contributed by atoms with van der Waals surface area (Å²) in [7, 11) is 0. The lowest BCUT2D eigenvalue weighted by Crippen LogP contribution is -2.37. The van der Waals surface area contributed by atoms with Gasteiger partial charge in [-0.15, -0.1) is 0 Å². The van der Waals surface area contributed by atoms with E-state index in [0.717, 1.165) is 44.2 Å². The summed E-state index contributed by atoms with van der Waals surface area (Å²) in [6.45, 7) is 9.40. The van der Waals surface area contributed by atoms with Crippen molar-refractivity contribution in [3.8, 4) is 11.5 Å². The van der Waals surface area contributed by atoms with Gasteiger partial charge in [-0.1, -0.05) is 6.07 Å². The van der Waals surface area contributed by atoms with Gasteiger partial charge in [-0.25, -0.2) is 0 Å². The molecule has 0 amide bonds. The molecule has 1 aromatic rings. The zero-order valence-corrected chi connectivity index (χ0v) is 13.6. The lowest BCUT2D eigenvalue weighted by atomic mass is 10.1. The average Bonchev–Trinajstić information content (AvgIpc) is 2.55. The van der Waals surface area contributed by atoms with Crippen molar-refractivity contribution in [2.75, 3.05) is 46.1 Å². The Kier molecular flexibility index (Phi) is 6.96. The normalized spacial score (nSPS) is 17.2. The molecule has 5 heteroatoms. The molecule has 1 aliphatic heterocycles. The maximum Gasteiger partial charge on any atom is 0.161 e. The van der Waals surface area contributed by atoms with E-state index in [1.165, 1.54) is 0 Å². The number of benzene rings is 1. The number of hydrogen-bond acceptors (Lipinski definition) is 5. The Morgan fingerprint density at radius 1 is 1.14 bits per heavy atom. The highest BCUT2D eigenvalue weighted by atomic mass is 16.5. The van der Waals surface area contributed by atoms with Crippen molar-refractivity contribution in [2.45, 2.75) is 26.4 Å². The van der Waals surface area contributed by atoms with Gasteiger partial charge < -0.3 is 19.3 Å². The van der Waals surface area contributed by atoms with Crippen molar-refractivity contribution in [3.05, 3.63) is 23.8 Å². The zero-order chi connectivity index (χ0) is 15.8. The minimum Gasteiger partial charge on any atom is -0.490 e. The fraction of sp³-hybridized carbons (Fsp3) is 0.647. The third-order valence-electron chi connectivity index (χ3n) is 3.77. The first-order chi connectivity index (χ1) is 10.7. The second kappa shape index (κ2) is 8.98. The topological polar surface area (TPSA) is 51.2 Å². The number of aliphatic hydroxyl groups is 1. The van der Waals surface area contributed by atoms with E-state index >= 15 is 0 Å². The van der Waals surface area contributed by atoms with Crippen LogP contribution in [0.1, 0.15) is 31.9 Å². The summed E-state index contributed by atoms with van der Waals surface area (Å²) in [6.07, 6.45) is 0.220. The van der Waals surface area contributed by atoms with Crippen LogP contribution in [0.2, 0.25) is 0 Å². The van der Waals surface area contributed by atoms with E-state index in [1.54, 1.807) is 0 Å². The van der Waals surface area contributed by atoms with Gasteiger partial charge in [-0.3, -0.25) is 4.90 Å². The quantitative estimate of drug-likeness (QED) is 0.798. The molecule has 1 aliphatic rings. The standard InChI is InChI=1S/C17H27NO4/c1-3-21-16-6-5-14(13-17(16)22-4-2)15(19)7-8-18-9-11-20-12-10-18/h5-6,13,15,19H,3-4,7-12H2,1-2H3. The molecule has 1 heterocycles. The van der Waals surface area contributed by atoms with Gasteiger partial charge >= 0.3 is 0 Å². The van der Waals surface area contributed by atoms with E-state index < -0.39 is 6.10 Å². The first-order valence-corrected chi connectivity index (χ1v) is 8.12. The Hall–Kier alpha value is -1.30. The van der Waals surface area contributed by atoms with Gasteiger partial charge in [-0.2, -0.15) is 0 Å². The number of hydrogen-bond donors (Lipinski definition) is 1. The third kappa shape index (κ3) is 4.87. The van der Waals surface area contributed by atoms with Crippen LogP contribution in [0.5, 0.6) is 11.5 Å². The molecule has 1 unspecified atom stereocenters. The first-order valence-electron chi connectivity index (χ1n) is 8.12. The van der Waals surface area contributed by atoms with Gasteiger partial charge in [0.1, 0.15) is 0 Å². The molecule has 2 rings (SSSR count). The number of rotatable bonds is 8. The SMILES string of the molecule is CCOc1ccc(C(O)CCN2CCOCC2)cc1OCC. The monoisotopic (exact) mass is 309 g/mol. The molecule has 5 nitrogen and oxygen atoms in total. The molecule has 124 valence electrons. The predicted molar refractivity (Wildman–Crippen MR) is 85.6 cm³/mol. The number of nitrogens with zero attached hydrogens (tertiary/aromatic N) is 1. The van der Waals surface area contributed by atoms with Gasteiger partial charge in [0.2, 0.25) is 0 Å². The molecule has 1 aromatic carbocycles. The second-order valence-electron chi connectivity index (χ2n) is 5.33. The Balaban J connectivity index is 1.95. The fourth-order valence-electron chi connectivity index (χ4n) is 2.57. The van der Waals surface area contributed by atoms with Crippen LogP contribution in [-0.2, 0) is 4.74 Å². The molecule has 0 aliphatic carbocycles. The lowest BCUT2D eigenvalue weighted by Gasteiger charge is -2.27. The van der Waals surface area contributed by atoms with Crippen LogP contribution in [-0.4, -0.2) is 56.1 Å². The Morgan fingerprint density at radius 3 is 2.50 bits per heavy atom. The summed E-state index contributed by atoms with van der Waals surface area (Å²) in [5.41, 5.74) is 0.875.